The van der Waals surface area contributed by atoms with Crippen molar-refractivity contribution in [3.8, 4) is 0 Å². The molecule has 0 spiro atoms. The first-order valence-electron chi connectivity index (χ1n) is 12.0. The molecule has 0 aromatic rings. The third kappa shape index (κ3) is 4.03. The highest BCUT2D eigenvalue weighted by Gasteiger charge is 2.67. The van der Waals surface area contributed by atoms with Crippen LogP contribution in [0.2, 0.25) is 0 Å². The Labute approximate surface area is 187 Å². The Morgan fingerprint density at radius 3 is 2.32 bits per heavy atom. The Hall–Kier alpha value is -0.820. The Bertz CT molecular complexity index is 686. The third-order valence-corrected chi connectivity index (χ3v) is 9.46. The SMILES string of the molecule is CC(C)(C)C1CC(N=O)C2C3CC=C4C[C@@H](O)CCC4(C)C3C[C@@H](O)[C@@]21C.OCCO. The van der Waals surface area contributed by atoms with E-state index in [0.29, 0.717) is 17.8 Å². The van der Waals surface area contributed by atoms with E-state index >= 15 is 0 Å². The van der Waals surface area contributed by atoms with Crippen LogP contribution in [0, 0.1) is 44.8 Å². The lowest BCUT2D eigenvalue weighted by molar-refractivity contribution is -0.145. The maximum Gasteiger partial charge on any atom is 0.0960 e. The Morgan fingerprint density at radius 2 is 1.77 bits per heavy atom. The van der Waals surface area contributed by atoms with Crippen LogP contribution < -0.4 is 0 Å². The van der Waals surface area contributed by atoms with Gasteiger partial charge in [-0.25, -0.2) is 0 Å². The van der Waals surface area contributed by atoms with E-state index in [0.717, 1.165) is 38.5 Å². The number of aliphatic hydroxyl groups is 4. The number of fused-ring (bicyclic) bond motifs is 5. The molecule has 6 heteroatoms. The van der Waals surface area contributed by atoms with Gasteiger partial charge in [-0.2, -0.15) is 4.91 Å². The molecule has 4 N–H and O–H groups in total. The van der Waals surface area contributed by atoms with Gasteiger partial charge in [-0.1, -0.05) is 51.4 Å². The van der Waals surface area contributed by atoms with Crippen LogP contribution in [0.1, 0.15) is 73.1 Å². The number of hydrogen-bond donors (Lipinski definition) is 4. The zero-order valence-corrected chi connectivity index (χ0v) is 19.9. The lowest BCUT2D eigenvalue weighted by Crippen LogP contribution is -2.58. The smallest absolute Gasteiger partial charge is 0.0960 e. The third-order valence-electron chi connectivity index (χ3n) is 9.46. The molecule has 0 amide bonds. The molecule has 4 aliphatic rings. The summed E-state index contributed by atoms with van der Waals surface area (Å²) in [6, 6.07) is -0.186. The molecule has 0 saturated heterocycles. The average Bonchev–Trinajstić information content (AvgIpc) is 3.04. The minimum atomic E-state index is -0.386. The van der Waals surface area contributed by atoms with Gasteiger partial charge in [0, 0.05) is 5.41 Å². The van der Waals surface area contributed by atoms with E-state index in [4.69, 9.17) is 10.2 Å². The summed E-state index contributed by atoms with van der Waals surface area (Å²) in [5.74, 6) is 1.27. The summed E-state index contributed by atoms with van der Waals surface area (Å²) < 4.78 is 0. The summed E-state index contributed by atoms with van der Waals surface area (Å²) in [5, 5.41) is 40.5. The second-order valence-electron chi connectivity index (χ2n) is 12.0. The van der Waals surface area contributed by atoms with E-state index < -0.39 is 0 Å². The Kier molecular flexibility index (Phi) is 7.08. The van der Waals surface area contributed by atoms with Crippen LogP contribution in [-0.4, -0.2) is 51.9 Å². The fourth-order valence-corrected chi connectivity index (χ4v) is 8.08. The zero-order chi connectivity index (χ0) is 23.2. The quantitative estimate of drug-likeness (QED) is 0.389. The van der Waals surface area contributed by atoms with Crippen molar-refractivity contribution >= 4 is 0 Å². The second kappa shape index (κ2) is 8.85. The maximum atomic E-state index is 11.9. The number of nitrogens with zero attached hydrogens (tertiary/aromatic N) is 1. The fraction of sp³-hybridized carbons (Fsp3) is 0.920. The molecule has 0 aliphatic heterocycles. The van der Waals surface area contributed by atoms with Crippen molar-refractivity contribution in [1.29, 1.82) is 0 Å². The van der Waals surface area contributed by atoms with Crippen LogP contribution in [0.15, 0.2) is 16.8 Å². The standard InChI is InChI=1S/C23H37NO3.C2H6O2/c1-21(2,3)18-12-17(24-27)20-15-7-6-13-10-14(25)8-9-22(13,4)16(15)11-19(26)23(18,20)5;3-1-2-4/h6,14-20,25-26H,7-12H2,1-5H3;3-4H,1-2H2/t14-,15?,16?,17?,18?,19+,20?,22?,23-;/m0./s1. The lowest BCUT2D eigenvalue weighted by atomic mass is 9.45. The molecule has 4 rings (SSSR count). The van der Waals surface area contributed by atoms with Gasteiger partial charge in [0.2, 0.25) is 0 Å². The molecule has 3 fully saturated rings. The summed E-state index contributed by atoms with van der Waals surface area (Å²) in [6.45, 7) is 11.1. The normalized spacial score (nSPS) is 46.6. The molecule has 6 unspecified atom stereocenters. The van der Waals surface area contributed by atoms with Gasteiger partial charge in [-0.15, -0.1) is 0 Å². The van der Waals surface area contributed by atoms with Crippen molar-refractivity contribution in [2.24, 2.45) is 45.1 Å². The summed E-state index contributed by atoms with van der Waals surface area (Å²) >= 11 is 0. The molecular weight excluding hydrogens is 394 g/mol. The van der Waals surface area contributed by atoms with E-state index in [-0.39, 0.29) is 53.6 Å². The van der Waals surface area contributed by atoms with Gasteiger partial charge in [0.15, 0.2) is 0 Å². The highest BCUT2D eigenvalue weighted by atomic mass is 16.3. The molecule has 9 atom stereocenters. The van der Waals surface area contributed by atoms with Crippen molar-refractivity contribution in [1.82, 2.24) is 0 Å². The fourth-order valence-electron chi connectivity index (χ4n) is 8.08. The Balaban J connectivity index is 0.000000628. The van der Waals surface area contributed by atoms with Gasteiger partial charge in [-0.05, 0) is 73.0 Å². The molecule has 0 radical (unpaired) electrons. The topological polar surface area (TPSA) is 110 Å². The van der Waals surface area contributed by atoms with Crippen molar-refractivity contribution in [3.63, 3.8) is 0 Å². The van der Waals surface area contributed by atoms with Crippen LogP contribution in [0.3, 0.4) is 0 Å². The molecule has 6 nitrogen and oxygen atoms in total. The first-order valence-corrected chi connectivity index (χ1v) is 12.0. The van der Waals surface area contributed by atoms with E-state index in [1.54, 1.807) is 0 Å². The number of allylic oxidation sites excluding steroid dienone is 1. The summed E-state index contributed by atoms with van der Waals surface area (Å²) in [4.78, 5) is 11.9. The maximum absolute atomic E-state index is 11.9. The van der Waals surface area contributed by atoms with Gasteiger partial charge >= 0.3 is 0 Å². The highest BCUT2D eigenvalue weighted by molar-refractivity contribution is 5.27. The van der Waals surface area contributed by atoms with E-state index in [1.165, 1.54) is 5.57 Å². The van der Waals surface area contributed by atoms with Crippen LogP contribution in [0.25, 0.3) is 0 Å². The van der Waals surface area contributed by atoms with E-state index in [9.17, 15) is 15.1 Å². The monoisotopic (exact) mass is 437 g/mol. The first-order chi connectivity index (χ1) is 14.4. The van der Waals surface area contributed by atoms with Gasteiger partial charge in [-0.3, -0.25) is 0 Å². The molecule has 4 aliphatic carbocycles. The lowest BCUT2D eigenvalue weighted by Gasteiger charge is -2.60. The number of nitroso groups, excluding NO2 is 1. The molecule has 0 aromatic heterocycles. The van der Waals surface area contributed by atoms with Crippen LogP contribution in [0.5, 0.6) is 0 Å². The van der Waals surface area contributed by atoms with Gasteiger partial charge in [0.1, 0.15) is 0 Å². The summed E-state index contributed by atoms with van der Waals surface area (Å²) in [5.41, 5.74) is 1.25. The number of hydrogen-bond acceptors (Lipinski definition) is 6. The van der Waals surface area contributed by atoms with Gasteiger partial charge < -0.3 is 20.4 Å². The van der Waals surface area contributed by atoms with E-state index in [2.05, 4.69) is 45.9 Å². The second-order valence-corrected chi connectivity index (χ2v) is 12.0. The van der Waals surface area contributed by atoms with Crippen molar-refractivity contribution in [2.75, 3.05) is 13.2 Å². The van der Waals surface area contributed by atoms with Gasteiger partial charge in [0.25, 0.3) is 0 Å². The van der Waals surface area contributed by atoms with Crippen molar-refractivity contribution in [2.45, 2.75) is 91.4 Å². The largest absolute Gasteiger partial charge is 0.394 e. The summed E-state index contributed by atoms with van der Waals surface area (Å²) in [6.07, 6.45) is 6.96. The first kappa shape index (κ1) is 24.8. The molecule has 31 heavy (non-hydrogen) atoms. The van der Waals surface area contributed by atoms with Crippen LogP contribution >= 0.6 is 0 Å². The average molecular weight is 438 g/mol. The predicted molar refractivity (Wildman–Crippen MR) is 121 cm³/mol. The molecular formula is C25H43NO5. The molecule has 0 heterocycles. The zero-order valence-electron chi connectivity index (χ0n) is 19.9. The minimum Gasteiger partial charge on any atom is -0.394 e. The van der Waals surface area contributed by atoms with E-state index in [1.807, 2.05) is 0 Å². The van der Waals surface area contributed by atoms with Crippen LogP contribution in [-0.2, 0) is 0 Å². The van der Waals surface area contributed by atoms with Crippen molar-refractivity contribution in [3.05, 3.63) is 16.6 Å². The number of aliphatic hydroxyl groups excluding tert-OH is 4. The Morgan fingerprint density at radius 1 is 1.13 bits per heavy atom. The summed E-state index contributed by atoms with van der Waals surface area (Å²) in [7, 11) is 0. The van der Waals surface area contributed by atoms with Gasteiger partial charge in [0.05, 0.1) is 31.5 Å². The highest BCUT2D eigenvalue weighted by Crippen LogP contribution is 2.68. The molecule has 3 saturated carbocycles. The molecule has 0 bridgehead atoms. The van der Waals surface area contributed by atoms with Crippen molar-refractivity contribution < 1.29 is 20.4 Å². The van der Waals surface area contributed by atoms with Crippen LogP contribution in [0.4, 0.5) is 0 Å². The molecule has 178 valence electrons. The predicted octanol–water partition coefficient (Wildman–Crippen LogP) is 3.66. The minimum absolute atomic E-state index is 0.0504. The molecule has 0 aromatic carbocycles. The number of rotatable bonds is 2.